The second-order valence-corrected chi connectivity index (χ2v) is 5.20. The van der Waals surface area contributed by atoms with Gasteiger partial charge >= 0.3 is 0 Å². The molecule has 0 unspecified atom stereocenters. The van der Waals surface area contributed by atoms with Gasteiger partial charge in [0.1, 0.15) is 29.5 Å². The predicted octanol–water partition coefficient (Wildman–Crippen LogP) is 1.55. The van der Waals surface area contributed by atoms with Crippen LogP contribution in [0.25, 0.3) is 0 Å². The van der Waals surface area contributed by atoms with E-state index in [1.54, 1.807) is 35.1 Å². The number of aromatic nitrogens is 4. The van der Waals surface area contributed by atoms with Crippen LogP contribution in [0.15, 0.2) is 41.3 Å². The van der Waals surface area contributed by atoms with Crippen molar-refractivity contribution in [1.29, 1.82) is 0 Å². The third kappa shape index (κ3) is 3.66. The van der Waals surface area contributed by atoms with Crippen LogP contribution in [0.4, 0.5) is 0 Å². The third-order valence-electron chi connectivity index (χ3n) is 3.46. The molecule has 0 spiro atoms. The summed E-state index contributed by atoms with van der Waals surface area (Å²) < 4.78 is 12.5. The Morgan fingerprint density at radius 1 is 1.33 bits per heavy atom. The number of benzene rings is 1. The normalized spacial score (nSPS) is 10.8. The number of nitrogens with zero attached hydrogens (tertiary/aromatic N) is 4. The van der Waals surface area contributed by atoms with Gasteiger partial charge in [-0.1, -0.05) is 5.21 Å². The maximum absolute atomic E-state index is 11.2. The molecule has 2 aromatic heterocycles. The Bertz CT molecular complexity index is 822. The molecule has 0 radical (unpaired) electrons. The lowest BCUT2D eigenvalue weighted by atomic mass is 10.1. The Kier molecular flexibility index (Phi) is 4.66. The molecule has 8 heteroatoms. The van der Waals surface area contributed by atoms with Gasteiger partial charge in [-0.05, 0) is 31.2 Å². The smallest absolute Gasteiger partial charge is 0.181 e. The summed E-state index contributed by atoms with van der Waals surface area (Å²) in [5, 5.41) is 8.09. The number of ether oxygens (including phenoxy) is 1. The Labute approximate surface area is 138 Å². The number of carbonyl (C=O) groups is 1. The van der Waals surface area contributed by atoms with Crippen molar-refractivity contribution in [2.45, 2.75) is 26.6 Å². The minimum atomic E-state index is 0.0224. The monoisotopic (exact) mass is 327 g/mol. The number of nitrogens with two attached hydrogens (primary N) is 1. The van der Waals surface area contributed by atoms with Crippen molar-refractivity contribution in [1.82, 2.24) is 20.0 Å². The highest BCUT2D eigenvalue weighted by atomic mass is 16.5. The molecule has 2 heterocycles. The van der Waals surface area contributed by atoms with E-state index in [0.717, 1.165) is 5.69 Å². The zero-order valence-electron chi connectivity index (χ0n) is 13.2. The van der Waals surface area contributed by atoms with Gasteiger partial charge < -0.3 is 14.9 Å². The third-order valence-corrected chi connectivity index (χ3v) is 3.46. The van der Waals surface area contributed by atoms with Crippen LogP contribution < -0.4 is 10.5 Å². The lowest BCUT2D eigenvalue weighted by Crippen LogP contribution is -2.06. The van der Waals surface area contributed by atoms with E-state index in [0.29, 0.717) is 29.3 Å². The Balaban J connectivity index is 1.59. The van der Waals surface area contributed by atoms with E-state index in [9.17, 15) is 4.79 Å². The fourth-order valence-electron chi connectivity index (χ4n) is 2.17. The highest BCUT2D eigenvalue weighted by Crippen LogP contribution is 2.14. The number of Topliss-reactive ketones (excluding diaryl/α,β-unsaturated/α-hetero) is 1. The molecule has 8 nitrogen and oxygen atoms in total. The average molecular weight is 327 g/mol. The van der Waals surface area contributed by atoms with Crippen molar-refractivity contribution in [2.24, 2.45) is 5.73 Å². The zero-order valence-corrected chi connectivity index (χ0v) is 13.2. The van der Waals surface area contributed by atoms with Gasteiger partial charge in [-0.15, -0.1) is 5.10 Å². The van der Waals surface area contributed by atoms with Gasteiger partial charge in [0.2, 0.25) is 0 Å². The fourth-order valence-corrected chi connectivity index (χ4v) is 2.17. The molecule has 0 fully saturated rings. The van der Waals surface area contributed by atoms with E-state index in [2.05, 4.69) is 15.3 Å². The topological polar surface area (TPSA) is 109 Å². The van der Waals surface area contributed by atoms with Crippen molar-refractivity contribution >= 4 is 5.78 Å². The van der Waals surface area contributed by atoms with Gasteiger partial charge in [-0.25, -0.2) is 9.67 Å². The van der Waals surface area contributed by atoms with Crippen molar-refractivity contribution in [3.8, 4) is 5.75 Å². The van der Waals surface area contributed by atoms with E-state index in [1.165, 1.54) is 13.3 Å². The standard InChI is InChI=1S/C16H17N5O3/c1-11(22)12-2-4-14(5-3-12)23-9-13-7-21(20-19-13)8-15-16(6-17)24-10-18-15/h2-5,7,10H,6,8-9,17H2,1H3. The highest BCUT2D eigenvalue weighted by Gasteiger charge is 2.09. The molecule has 0 aliphatic carbocycles. The summed E-state index contributed by atoms with van der Waals surface area (Å²) in [6.45, 7) is 2.53. The maximum atomic E-state index is 11.2. The van der Waals surface area contributed by atoms with Crippen LogP contribution in [0, 0.1) is 0 Å². The Morgan fingerprint density at radius 3 is 2.83 bits per heavy atom. The predicted molar refractivity (Wildman–Crippen MR) is 84.3 cm³/mol. The van der Waals surface area contributed by atoms with Crippen LogP contribution >= 0.6 is 0 Å². The van der Waals surface area contributed by atoms with Gasteiger partial charge in [0.05, 0.1) is 19.3 Å². The molecule has 0 atom stereocenters. The minimum absolute atomic E-state index is 0.0224. The summed E-state index contributed by atoms with van der Waals surface area (Å²) >= 11 is 0. The quantitative estimate of drug-likeness (QED) is 0.656. The summed E-state index contributed by atoms with van der Waals surface area (Å²) in [4.78, 5) is 15.3. The van der Waals surface area contributed by atoms with E-state index in [1.807, 2.05) is 0 Å². The summed E-state index contributed by atoms with van der Waals surface area (Å²) in [5.41, 5.74) is 7.64. The van der Waals surface area contributed by atoms with Crippen LogP contribution in [0.1, 0.15) is 34.4 Å². The molecule has 0 aliphatic rings. The van der Waals surface area contributed by atoms with E-state index in [4.69, 9.17) is 14.9 Å². The first-order valence-corrected chi connectivity index (χ1v) is 7.40. The molecule has 3 rings (SSSR count). The van der Waals surface area contributed by atoms with Crippen LogP contribution in [0.3, 0.4) is 0 Å². The summed E-state index contributed by atoms with van der Waals surface area (Å²) in [6, 6.07) is 6.97. The van der Waals surface area contributed by atoms with Crippen LogP contribution in [-0.4, -0.2) is 25.8 Å². The summed E-state index contributed by atoms with van der Waals surface area (Å²) in [5.74, 6) is 1.32. The number of carbonyl (C=O) groups excluding carboxylic acids is 1. The zero-order chi connectivity index (χ0) is 16.9. The molecule has 2 N–H and O–H groups in total. The second-order valence-electron chi connectivity index (χ2n) is 5.20. The first kappa shape index (κ1) is 15.9. The van der Waals surface area contributed by atoms with Gasteiger partial charge in [-0.2, -0.15) is 0 Å². The first-order chi connectivity index (χ1) is 11.7. The Hall–Kier alpha value is -3.00. The van der Waals surface area contributed by atoms with Crippen LogP contribution in [0.5, 0.6) is 5.75 Å². The molecule has 1 aromatic carbocycles. The van der Waals surface area contributed by atoms with Crippen molar-refractivity contribution < 1.29 is 13.9 Å². The molecule has 0 saturated heterocycles. The van der Waals surface area contributed by atoms with E-state index < -0.39 is 0 Å². The van der Waals surface area contributed by atoms with Crippen molar-refractivity contribution in [3.05, 3.63) is 59.6 Å². The van der Waals surface area contributed by atoms with Crippen LogP contribution in [0.2, 0.25) is 0 Å². The average Bonchev–Trinajstić information content (AvgIpc) is 3.22. The molecule has 0 aliphatic heterocycles. The molecule has 24 heavy (non-hydrogen) atoms. The molecule has 0 bridgehead atoms. The van der Waals surface area contributed by atoms with Crippen molar-refractivity contribution in [3.63, 3.8) is 0 Å². The maximum Gasteiger partial charge on any atom is 0.181 e. The number of rotatable bonds is 7. The van der Waals surface area contributed by atoms with Crippen molar-refractivity contribution in [2.75, 3.05) is 0 Å². The largest absolute Gasteiger partial charge is 0.487 e. The van der Waals surface area contributed by atoms with Gasteiger partial charge in [0.15, 0.2) is 12.2 Å². The molecule has 124 valence electrons. The fraction of sp³-hybridized carbons (Fsp3) is 0.250. The molecular weight excluding hydrogens is 310 g/mol. The molecule has 3 aromatic rings. The lowest BCUT2D eigenvalue weighted by molar-refractivity contribution is 0.101. The van der Waals surface area contributed by atoms with E-state index >= 15 is 0 Å². The number of hydrogen-bond donors (Lipinski definition) is 1. The second kappa shape index (κ2) is 7.05. The number of oxazole rings is 1. The molecule has 0 amide bonds. The SMILES string of the molecule is CC(=O)c1ccc(OCc2cn(Cc3ncoc3CN)nn2)cc1. The van der Waals surface area contributed by atoms with E-state index in [-0.39, 0.29) is 18.9 Å². The highest BCUT2D eigenvalue weighted by molar-refractivity contribution is 5.94. The molecular formula is C16H17N5O3. The summed E-state index contributed by atoms with van der Waals surface area (Å²) in [6.07, 6.45) is 3.14. The van der Waals surface area contributed by atoms with Gasteiger partial charge in [-0.3, -0.25) is 4.79 Å². The minimum Gasteiger partial charge on any atom is -0.487 e. The van der Waals surface area contributed by atoms with Gasteiger partial charge in [0, 0.05) is 5.56 Å². The number of ketones is 1. The Morgan fingerprint density at radius 2 is 2.12 bits per heavy atom. The number of hydrogen-bond acceptors (Lipinski definition) is 7. The van der Waals surface area contributed by atoms with Crippen LogP contribution in [-0.2, 0) is 19.7 Å². The molecule has 0 saturated carbocycles. The first-order valence-electron chi connectivity index (χ1n) is 7.40. The summed E-state index contributed by atoms with van der Waals surface area (Å²) in [7, 11) is 0. The van der Waals surface area contributed by atoms with Gasteiger partial charge in [0.25, 0.3) is 0 Å². The lowest BCUT2D eigenvalue weighted by Gasteiger charge is -2.04.